The van der Waals surface area contributed by atoms with Gasteiger partial charge < -0.3 is 9.90 Å². The van der Waals surface area contributed by atoms with Crippen molar-refractivity contribution in [1.82, 2.24) is 0 Å². The van der Waals surface area contributed by atoms with Crippen LogP contribution in [0, 0.1) is 6.92 Å². The number of carbonyl (C=O) groups is 1. The van der Waals surface area contributed by atoms with E-state index in [1.54, 1.807) is 0 Å². The van der Waals surface area contributed by atoms with Crippen LogP contribution in [0.2, 0.25) is 0 Å². The van der Waals surface area contributed by atoms with E-state index in [1.807, 2.05) is 31.2 Å². The van der Waals surface area contributed by atoms with Gasteiger partial charge in [0.25, 0.3) is 0 Å². The summed E-state index contributed by atoms with van der Waals surface area (Å²) in [4.78, 5) is 11.5. The molecule has 0 aliphatic carbocycles. The van der Waals surface area contributed by atoms with Crippen LogP contribution < -0.4 is 0 Å². The summed E-state index contributed by atoms with van der Waals surface area (Å²) in [5.41, 5.74) is 1.11. The molecule has 0 saturated heterocycles. The van der Waals surface area contributed by atoms with Crippen molar-refractivity contribution in [1.29, 1.82) is 0 Å². The molecule has 0 aliphatic heterocycles. The van der Waals surface area contributed by atoms with Crippen molar-refractivity contribution in [2.75, 3.05) is 5.75 Å². The van der Waals surface area contributed by atoms with E-state index in [2.05, 4.69) is 0 Å². The van der Waals surface area contributed by atoms with Gasteiger partial charge in [0.1, 0.15) is 5.78 Å². The Kier molecular flexibility index (Phi) is 5.51. The molecule has 0 aliphatic rings. The molecular weight excluding hydrogens is 236 g/mol. The van der Waals surface area contributed by atoms with E-state index in [4.69, 9.17) is 0 Å². The summed E-state index contributed by atoms with van der Waals surface area (Å²) in [7, 11) is -1.20. The van der Waals surface area contributed by atoms with Gasteiger partial charge in [-0.05, 0) is 32.4 Å². The predicted molar refractivity (Wildman–Crippen MR) is 68.4 cm³/mol. The lowest BCUT2D eigenvalue weighted by atomic mass is 10.2. The van der Waals surface area contributed by atoms with Gasteiger partial charge in [0.05, 0.1) is 22.7 Å². The Balaban J connectivity index is 2.48. The maximum Gasteiger partial charge on any atom is 0.129 e. The van der Waals surface area contributed by atoms with E-state index in [1.165, 1.54) is 6.92 Å². The zero-order valence-electron chi connectivity index (χ0n) is 10.2. The topological polar surface area (TPSA) is 54.4 Å². The highest BCUT2D eigenvalue weighted by atomic mass is 32.2. The van der Waals surface area contributed by atoms with Gasteiger partial charge in [0.15, 0.2) is 0 Å². The molecule has 94 valence electrons. The number of ketones is 1. The second-order valence-corrected chi connectivity index (χ2v) is 5.72. The zero-order chi connectivity index (χ0) is 12.8. The number of hydrogen-bond acceptors (Lipinski definition) is 3. The Bertz CT molecular complexity index is 398. The quantitative estimate of drug-likeness (QED) is 0.842. The average molecular weight is 254 g/mol. The first-order valence-corrected chi connectivity index (χ1v) is 6.93. The summed E-state index contributed by atoms with van der Waals surface area (Å²) in [5, 5.41) is 9.64. The van der Waals surface area contributed by atoms with Crippen molar-refractivity contribution in [3.63, 3.8) is 0 Å². The molecule has 1 N–H and O–H groups in total. The number of aryl methyl sites for hydroxylation is 1. The first kappa shape index (κ1) is 14.1. The van der Waals surface area contributed by atoms with Gasteiger partial charge in [-0.15, -0.1) is 0 Å². The molecule has 0 radical (unpaired) electrons. The van der Waals surface area contributed by atoms with Crippen LogP contribution in [0.1, 0.15) is 25.3 Å². The number of aliphatic hydroxyl groups excluding tert-OH is 1. The number of hydrogen-bond donors (Lipinski definition) is 1. The maximum absolute atomic E-state index is 11.9. The molecule has 1 aromatic carbocycles. The molecule has 3 nitrogen and oxygen atoms in total. The van der Waals surface area contributed by atoms with Gasteiger partial charge in [-0.1, -0.05) is 17.7 Å². The molecule has 1 rings (SSSR count). The lowest BCUT2D eigenvalue weighted by Crippen LogP contribution is -2.17. The molecule has 0 saturated carbocycles. The van der Waals surface area contributed by atoms with Gasteiger partial charge in [-0.2, -0.15) is 0 Å². The van der Waals surface area contributed by atoms with Crippen LogP contribution in [-0.4, -0.2) is 27.0 Å². The van der Waals surface area contributed by atoms with Crippen molar-refractivity contribution in [2.24, 2.45) is 0 Å². The van der Waals surface area contributed by atoms with Crippen LogP contribution in [0.5, 0.6) is 0 Å². The molecule has 0 bridgehead atoms. The third kappa shape index (κ3) is 5.24. The molecule has 4 heteroatoms. The minimum atomic E-state index is -1.20. The van der Waals surface area contributed by atoms with Gasteiger partial charge in [-0.3, -0.25) is 4.21 Å². The van der Waals surface area contributed by atoms with Gasteiger partial charge in [0, 0.05) is 11.3 Å². The molecule has 0 heterocycles. The fourth-order valence-corrected chi connectivity index (χ4v) is 2.56. The highest BCUT2D eigenvalue weighted by Gasteiger charge is 2.11. The lowest BCUT2D eigenvalue weighted by molar-refractivity contribution is -0.117. The van der Waals surface area contributed by atoms with Crippen molar-refractivity contribution in [3.8, 4) is 0 Å². The summed E-state index contributed by atoms with van der Waals surface area (Å²) >= 11 is 0. The normalized spacial score (nSPS) is 14.3. The van der Waals surface area contributed by atoms with E-state index < -0.39 is 16.9 Å². The molecule has 0 fully saturated rings. The fourth-order valence-electron chi connectivity index (χ4n) is 1.41. The van der Waals surface area contributed by atoms with Crippen molar-refractivity contribution >= 4 is 16.6 Å². The van der Waals surface area contributed by atoms with Crippen LogP contribution >= 0.6 is 0 Å². The first-order valence-electron chi connectivity index (χ1n) is 5.61. The number of carbonyl (C=O) groups excluding carboxylic acids is 1. The number of rotatable bonds is 6. The van der Waals surface area contributed by atoms with Crippen molar-refractivity contribution in [3.05, 3.63) is 29.8 Å². The summed E-state index contributed by atoms with van der Waals surface area (Å²) < 4.78 is 11.9. The fraction of sp³-hybridized carbons (Fsp3) is 0.462. The minimum Gasteiger partial charge on any atom is -0.392 e. The third-order valence-electron chi connectivity index (χ3n) is 2.46. The molecule has 0 amide bonds. The Hall–Kier alpha value is -1.00. The molecular formula is C13H18O3S. The first-order chi connectivity index (χ1) is 7.99. The van der Waals surface area contributed by atoms with E-state index >= 15 is 0 Å². The molecule has 0 unspecified atom stereocenters. The van der Waals surface area contributed by atoms with E-state index in [9.17, 15) is 14.1 Å². The largest absolute Gasteiger partial charge is 0.392 e. The maximum atomic E-state index is 11.9. The SMILES string of the molecule is CC(=O)CC[C@@H](O)C[S@@](=O)c1ccc(C)cc1. The average Bonchev–Trinajstić information content (AvgIpc) is 2.27. The Labute approximate surface area is 104 Å². The molecule has 0 aromatic heterocycles. The van der Waals surface area contributed by atoms with E-state index in [0.29, 0.717) is 12.8 Å². The molecule has 1 aromatic rings. The van der Waals surface area contributed by atoms with Crippen molar-refractivity contribution in [2.45, 2.75) is 37.7 Å². The van der Waals surface area contributed by atoms with Gasteiger partial charge in [0.2, 0.25) is 0 Å². The number of benzene rings is 1. The summed E-state index contributed by atoms with van der Waals surface area (Å²) in [6.07, 6.45) is 0.0418. The number of Topliss-reactive ketones (excluding diaryl/α,β-unsaturated/α-hetero) is 1. The standard InChI is InChI=1S/C13H18O3S/c1-10-3-7-13(8-4-10)17(16)9-12(15)6-5-11(2)14/h3-4,7-8,12,15H,5-6,9H2,1-2H3/t12-,17-/m1/s1. The van der Waals surface area contributed by atoms with Gasteiger partial charge in [-0.25, -0.2) is 0 Å². The minimum absolute atomic E-state index is 0.0465. The van der Waals surface area contributed by atoms with E-state index in [0.717, 1.165) is 10.5 Å². The van der Waals surface area contributed by atoms with Crippen LogP contribution in [0.3, 0.4) is 0 Å². The predicted octanol–water partition coefficient (Wildman–Crippen LogP) is 1.83. The number of aliphatic hydroxyl groups is 1. The van der Waals surface area contributed by atoms with Crippen LogP contribution in [-0.2, 0) is 15.6 Å². The van der Waals surface area contributed by atoms with Crippen LogP contribution in [0.25, 0.3) is 0 Å². The second-order valence-electron chi connectivity index (χ2n) is 4.22. The summed E-state index contributed by atoms with van der Waals surface area (Å²) in [6, 6.07) is 7.41. The van der Waals surface area contributed by atoms with E-state index in [-0.39, 0.29) is 11.5 Å². The summed E-state index contributed by atoms with van der Waals surface area (Å²) in [6.45, 7) is 3.46. The Morgan fingerprint density at radius 3 is 2.47 bits per heavy atom. The monoisotopic (exact) mass is 254 g/mol. The zero-order valence-corrected chi connectivity index (χ0v) is 11.0. The molecule has 17 heavy (non-hydrogen) atoms. The highest BCUT2D eigenvalue weighted by molar-refractivity contribution is 7.85. The lowest BCUT2D eigenvalue weighted by Gasteiger charge is -2.09. The summed E-state index contributed by atoms with van der Waals surface area (Å²) in [5.74, 6) is 0.237. The smallest absolute Gasteiger partial charge is 0.129 e. The van der Waals surface area contributed by atoms with Crippen LogP contribution in [0.4, 0.5) is 0 Å². The van der Waals surface area contributed by atoms with Crippen molar-refractivity contribution < 1.29 is 14.1 Å². The Morgan fingerprint density at radius 2 is 1.94 bits per heavy atom. The Morgan fingerprint density at radius 1 is 1.35 bits per heavy atom. The van der Waals surface area contributed by atoms with Crippen LogP contribution in [0.15, 0.2) is 29.2 Å². The highest BCUT2D eigenvalue weighted by Crippen LogP contribution is 2.11. The second kappa shape index (κ2) is 6.67. The third-order valence-corrected chi connectivity index (χ3v) is 3.94. The molecule has 2 atom stereocenters. The van der Waals surface area contributed by atoms with Gasteiger partial charge >= 0.3 is 0 Å². The molecule has 0 spiro atoms.